The molecule has 21 heavy (non-hydrogen) atoms. The van der Waals surface area contributed by atoms with Crippen LogP contribution < -0.4 is 4.73 Å². The van der Waals surface area contributed by atoms with Crippen LogP contribution in [0.25, 0.3) is 0 Å². The lowest BCUT2D eigenvalue weighted by Crippen LogP contribution is -2.33. The van der Waals surface area contributed by atoms with E-state index in [0.29, 0.717) is 22.5 Å². The molecule has 106 valence electrons. The van der Waals surface area contributed by atoms with Crippen LogP contribution in [0.3, 0.4) is 0 Å². The summed E-state index contributed by atoms with van der Waals surface area (Å²) in [6, 6.07) is 10.7. The molecule has 0 unspecified atom stereocenters. The third-order valence-electron chi connectivity index (χ3n) is 2.71. The quantitative estimate of drug-likeness (QED) is 0.547. The summed E-state index contributed by atoms with van der Waals surface area (Å²) >= 11 is 0. The van der Waals surface area contributed by atoms with Crippen molar-refractivity contribution in [3.05, 3.63) is 63.4 Å². The molecule has 0 bridgehead atoms. The topological polar surface area (TPSA) is 87.4 Å². The molecule has 5 nitrogen and oxygen atoms in total. The van der Waals surface area contributed by atoms with Gasteiger partial charge >= 0.3 is 0 Å². The van der Waals surface area contributed by atoms with Crippen LogP contribution >= 0.6 is 0 Å². The molecular weight excluding hydrogens is 264 g/mol. The molecule has 0 radical (unpaired) electrons. The molecule has 5 heteroatoms. The number of hydrogen-bond donors (Lipinski definition) is 0. The lowest BCUT2D eigenvalue weighted by atomic mass is 10.2. The van der Waals surface area contributed by atoms with Gasteiger partial charge in [0.25, 0.3) is 0 Å². The smallest absolute Gasteiger partial charge is 0.191 e. The molecule has 2 rings (SSSR count). The van der Waals surface area contributed by atoms with Gasteiger partial charge in [-0.3, -0.25) is 4.98 Å². The predicted molar refractivity (Wildman–Crippen MR) is 78.0 cm³/mol. The molecule has 2 aromatic heterocycles. The summed E-state index contributed by atoms with van der Waals surface area (Å²) in [5.74, 6) is 0. The van der Waals surface area contributed by atoms with Crippen LogP contribution in [-0.2, 0) is 0 Å². The van der Waals surface area contributed by atoms with Gasteiger partial charge in [-0.2, -0.15) is 15.3 Å². The van der Waals surface area contributed by atoms with E-state index in [1.807, 2.05) is 19.9 Å². The highest BCUT2D eigenvalue weighted by Gasteiger charge is 2.04. The van der Waals surface area contributed by atoms with Gasteiger partial charge in [0, 0.05) is 37.4 Å². The first-order valence-electron chi connectivity index (χ1n) is 6.33. The summed E-state index contributed by atoms with van der Waals surface area (Å²) in [7, 11) is 0. The van der Waals surface area contributed by atoms with Crippen LogP contribution in [0.5, 0.6) is 0 Å². The zero-order valence-electron chi connectivity index (χ0n) is 12.5. The summed E-state index contributed by atoms with van der Waals surface area (Å²) in [5, 5.41) is 28.1. The predicted octanol–water partition coefficient (Wildman–Crippen LogP) is 2.38. The number of pyridine rings is 2. The Balaban J connectivity index is 0.000000211. The van der Waals surface area contributed by atoms with Crippen molar-refractivity contribution in [2.45, 2.75) is 27.7 Å². The highest BCUT2D eigenvalue weighted by Crippen LogP contribution is 2.02. The highest BCUT2D eigenvalue weighted by molar-refractivity contribution is 5.31. The van der Waals surface area contributed by atoms with E-state index in [0.717, 1.165) is 16.1 Å². The molecule has 0 N–H and O–H groups in total. The van der Waals surface area contributed by atoms with Crippen molar-refractivity contribution in [2.75, 3.05) is 0 Å². The highest BCUT2D eigenvalue weighted by atomic mass is 16.5. The van der Waals surface area contributed by atoms with E-state index in [-0.39, 0.29) is 0 Å². The third kappa shape index (κ3) is 4.59. The average molecular weight is 280 g/mol. The second-order valence-electron chi connectivity index (χ2n) is 4.68. The molecule has 0 aromatic carbocycles. The van der Waals surface area contributed by atoms with Gasteiger partial charge < -0.3 is 5.21 Å². The Morgan fingerprint density at radius 3 is 1.62 bits per heavy atom. The van der Waals surface area contributed by atoms with Gasteiger partial charge in [-0.25, -0.2) is 0 Å². The molecule has 0 aliphatic heterocycles. The van der Waals surface area contributed by atoms with E-state index >= 15 is 0 Å². The Kier molecular flexibility index (Phi) is 5.39. The zero-order valence-corrected chi connectivity index (χ0v) is 12.5. The Labute approximate surface area is 124 Å². The minimum atomic E-state index is 0.534. The SMILES string of the molecule is Cc1cc(C#N)cc(C)[n+]1[O-].Cc1cc(C#N)cc(C)n1. The summed E-state index contributed by atoms with van der Waals surface area (Å²) in [6.45, 7) is 7.13. The second-order valence-corrected chi connectivity index (χ2v) is 4.68. The molecule has 0 atom stereocenters. The fourth-order valence-corrected chi connectivity index (χ4v) is 1.85. The average Bonchev–Trinajstić information content (AvgIpc) is 2.43. The number of hydrogen-bond acceptors (Lipinski definition) is 4. The van der Waals surface area contributed by atoms with Gasteiger partial charge in [-0.15, -0.1) is 0 Å². The van der Waals surface area contributed by atoms with Crippen molar-refractivity contribution in [3.8, 4) is 12.1 Å². The van der Waals surface area contributed by atoms with Crippen molar-refractivity contribution in [1.82, 2.24) is 4.98 Å². The molecule has 0 aliphatic carbocycles. The maximum Gasteiger partial charge on any atom is 0.191 e. The van der Waals surface area contributed by atoms with Crippen molar-refractivity contribution in [3.63, 3.8) is 0 Å². The van der Waals surface area contributed by atoms with Crippen LogP contribution in [0.1, 0.15) is 33.9 Å². The number of nitrogens with zero attached hydrogens (tertiary/aromatic N) is 4. The van der Waals surface area contributed by atoms with E-state index in [1.54, 1.807) is 38.1 Å². The van der Waals surface area contributed by atoms with Gasteiger partial charge in [0.2, 0.25) is 0 Å². The van der Waals surface area contributed by atoms with Crippen molar-refractivity contribution in [2.24, 2.45) is 0 Å². The summed E-state index contributed by atoms with van der Waals surface area (Å²) in [5.41, 5.74) is 4.13. The molecule has 0 fully saturated rings. The fraction of sp³-hybridized carbons (Fsp3) is 0.250. The molecule has 0 saturated heterocycles. The van der Waals surface area contributed by atoms with Crippen LogP contribution in [0, 0.1) is 55.6 Å². The van der Waals surface area contributed by atoms with Gasteiger partial charge in [0.1, 0.15) is 0 Å². The van der Waals surface area contributed by atoms with E-state index in [2.05, 4.69) is 11.1 Å². The Morgan fingerprint density at radius 2 is 1.24 bits per heavy atom. The van der Waals surface area contributed by atoms with Gasteiger partial charge in [-0.05, 0) is 26.0 Å². The summed E-state index contributed by atoms with van der Waals surface area (Å²) in [4.78, 5) is 4.13. The molecule has 0 aliphatic rings. The molecule has 2 aromatic rings. The van der Waals surface area contributed by atoms with E-state index in [4.69, 9.17) is 10.5 Å². The first-order chi connectivity index (χ1) is 9.87. The van der Waals surface area contributed by atoms with E-state index in [9.17, 15) is 5.21 Å². The first kappa shape index (κ1) is 16.1. The van der Waals surface area contributed by atoms with Crippen molar-refractivity contribution in [1.29, 1.82) is 10.5 Å². The maximum absolute atomic E-state index is 11.0. The van der Waals surface area contributed by atoms with Crippen LogP contribution in [-0.4, -0.2) is 4.98 Å². The molecule has 2 heterocycles. The third-order valence-corrected chi connectivity index (χ3v) is 2.71. The first-order valence-corrected chi connectivity index (χ1v) is 6.33. The van der Waals surface area contributed by atoms with Crippen LogP contribution in [0.4, 0.5) is 0 Å². The number of nitriles is 2. The lowest BCUT2D eigenvalue weighted by molar-refractivity contribution is -0.619. The fourth-order valence-electron chi connectivity index (χ4n) is 1.85. The normalized spacial score (nSPS) is 9.05. The van der Waals surface area contributed by atoms with Crippen LogP contribution in [0.2, 0.25) is 0 Å². The zero-order chi connectivity index (χ0) is 16.0. The van der Waals surface area contributed by atoms with Gasteiger partial charge in [0.05, 0.1) is 23.3 Å². The van der Waals surface area contributed by atoms with Gasteiger partial charge in [-0.1, -0.05) is 0 Å². The van der Waals surface area contributed by atoms with Gasteiger partial charge in [0.15, 0.2) is 11.4 Å². The monoisotopic (exact) mass is 280 g/mol. The lowest BCUT2D eigenvalue weighted by Gasteiger charge is -2.02. The van der Waals surface area contributed by atoms with Crippen molar-refractivity contribution >= 4 is 0 Å². The summed E-state index contributed by atoms with van der Waals surface area (Å²) in [6.07, 6.45) is 0. The summed E-state index contributed by atoms with van der Waals surface area (Å²) < 4.78 is 0.806. The molecule has 0 spiro atoms. The Bertz CT molecular complexity index is 696. The largest absolute Gasteiger partial charge is 0.618 e. The Morgan fingerprint density at radius 1 is 0.857 bits per heavy atom. The van der Waals surface area contributed by atoms with Crippen LogP contribution in [0.15, 0.2) is 24.3 Å². The number of aromatic nitrogens is 2. The number of rotatable bonds is 0. The Hall–Kier alpha value is -2.92. The minimum Gasteiger partial charge on any atom is -0.618 e. The maximum atomic E-state index is 11.0. The minimum absolute atomic E-state index is 0.534. The number of aryl methyl sites for hydroxylation is 4. The molecule has 0 saturated carbocycles. The standard InChI is InChI=1S/C8H8N2O.C8H8N2/c1-6-3-8(5-9)4-7(2)10(6)11;1-6-3-8(5-9)4-7(2)10-6/h3-4H,1-2H3;3-4H,1-2H3. The van der Waals surface area contributed by atoms with E-state index in [1.165, 1.54) is 0 Å². The molecular formula is C16H16N4O. The van der Waals surface area contributed by atoms with Crippen molar-refractivity contribution < 1.29 is 4.73 Å². The second kappa shape index (κ2) is 7.02. The molecule has 0 amide bonds. The van der Waals surface area contributed by atoms with E-state index < -0.39 is 0 Å².